The van der Waals surface area contributed by atoms with Gasteiger partial charge < -0.3 is 15.2 Å². The molecule has 22 heavy (non-hydrogen) atoms. The molecule has 0 spiro atoms. The summed E-state index contributed by atoms with van der Waals surface area (Å²) in [4.78, 5) is 0. The minimum absolute atomic E-state index is 0.225. The van der Waals surface area contributed by atoms with Crippen LogP contribution in [-0.4, -0.2) is 29.0 Å². The Kier molecular flexibility index (Phi) is 4.25. The van der Waals surface area contributed by atoms with E-state index in [0.29, 0.717) is 5.75 Å². The Bertz CT molecular complexity index is 767. The number of para-hydroxylation sites is 2. The lowest BCUT2D eigenvalue weighted by atomic mass is 10.1. The van der Waals surface area contributed by atoms with Gasteiger partial charge in [0.15, 0.2) is 11.5 Å². The lowest BCUT2D eigenvalue weighted by Crippen LogP contribution is -2.17. The average Bonchev–Trinajstić information content (AvgIpc) is 3.02. The largest absolute Gasteiger partial charge is 0.504 e. The fourth-order valence-electron chi connectivity index (χ4n) is 2.56. The molecule has 5 heteroatoms. The molecule has 0 aliphatic rings. The summed E-state index contributed by atoms with van der Waals surface area (Å²) in [6.07, 6.45) is 2.56. The molecule has 1 heterocycles. The SMILES string of the molecule is COc1cccc(CCNCc2cccc3cn[nH]c23)c1O. The summed E-state index contributed by atoms with van der Waals surface area (Å²) in [5.41, 5.74) is 3.13. The number of aromatic nitrogens is 2. The first-order valence-corrected chi connectivity index (χ1v) is 7.26. The highest BCUT2D eigenvalue weighted by Crippen LogP contribution is 2.29. The predicted molar refractivity (Wildman–Crippen MR) is 86.2 cm³/mol. The molecular weight excluding hydrogens is 278 g/mol. The number of aromatic hydroxyl groups is 1. The number of hydrogen-bond acceptors (Lipinski definition) is 4. The summed E-state index contributed by atoms with van der Waals surface area (Å²) in [5.74, 6) is 0.738. The highest BCUT2D eigenvalue weighted by Gasteiger charge is 2.07. The van der Waals surface area contributed by atoms with Gasteiger partial charge in [0.05, 0.1) is 18.8 Å². The molecule has 0 fully saturated rings. The summed E-state index contributed by atoms with van der Waals surface area (Å²) < 4.78 is 5.12. The van der Waals surface area contributed by atoms with Crippen LogP contribution in [-0.2, 0) is 13.0 Å². The molecule has 0 radical (unpaired) electrons. The third kappa shape index (κ3) is 2.89. The lowest BCUT2D eigenvalue weighted by molar-refractivity contribution is 0.370. The van der Waals surface area contributed by atoms with Gasteiger partial charge >= 0.3 is 0 Å². The third-order valence-corrected chi connectivity index (χ3v) is 3.75. The maximum absolute atomic E-state index is 10.1. The number of hydrogen-bond donors (Lipinski definition) is 3. The van der Waals surface area contributed by atoms with Gasteiger partial charge in [-0.25, -0.2) is 0 Å². The van der Waals surface area contributed by atoms with E-state index in [0.717, 1.165) is 36.0 Å². The second kappa shape index (κ2) is 6.49. The van der Waals surface area contributed by atoms with Crippen molar-refractivity contribution >= 4 is 10.9 Å². The molecule has 114 valence electrons. The van der Waals surface area contributed by atoms with Crippen molar-refractivity contribution < 1.29 is 9.84 Å². The Morgan fingerprint density at radius 1 is 1.18 bits per heavy atom. The summed E-state index contributed by atoms with van der Waals surface area (Å²) in [5, 5.41) is 21.7. The molecule has 0 saturated heterocycles. The zero-order valence-electron chi connectivity index (χ0n) is 12.5. The first kappa shape index (κ1) is 14.4. The minimum Gasteiger partial charge on any atom is -0.504 e. The van der Waals surface area contributed by atoms with Gasteiger partial charge in [0.2, 0.25) is 0 Å². The number of fused-ring (bicyclic) bond motifs is 1. The van der Waals surface area contributed by atoms with Crippen LogP contribution in [0, 0.1) is 0 Å². The number of ether oxygens (including phenoxy) is 1. The van der Waals surface area contributed by atoms with E-state index >= 15 is 0 Å². The van der Waals surface area contributed by atoms with Gasteiger partial charge in [-0.2, -0.15) is 5.10 Å². The van der Waals surface area contributed by atoms with Gasteiger partial charge in [-0.1, -0.05) is 30.3 Å². The summed E-state index contributed by atoms with van der Waals surface area (Å²) in [6, 6.07) is 11.7. The first-order chi connectivity index (χ1) is 10.8. The Balaban J connectivity index is 1.59. The Morgan fingerprint density at radius 2 is 2.00 bits per heavy atom. The van der Waals surface area contributed by atoms with Gasteiger partial charge in [0, 0.05) is 11.9 Å². The summed E-state index contributed by atoms with van der Waals surface area (Å²) in [7, 11) is 1.56. The topological polar surface area (TPSA) is 70.2 Å². The predicted octanol–water partition coefficient (Wildman–Crippen LogP) is 2.61. The van der Waals surface area contributed by atoms with Crippen molar-refractivity contribution in [2.24, 2.45) is 0 Å². The molecule has 0 aliphatic heterocycles. The summed E-state index contributed by atoms with van der Waals surface area (Å²) >= 11 is 0. The first-order valence-electron chi connectivity index (χ1n) is 7.26. The van der Waals surface area contributed by atoms with Crippen molar-refractivity contribution in [1.29, 1.82) is 0 Å². The van der Waals surface area contributed by atoms with E-state index in [1.54, 1.807) is 13.2 Å². The molecule has 0 amide bonds. The fraction of sp³-hybridized carbons (Fsp3) is 0.235. The van der Waals surface area contributed by atoms with Crippen LogP contribution in [0.1, 0.15) is 11.1 Å². The van der Waals surface area contributed by atoms with Gasteiger partial charge in [0.1, 0.15) is 0 Å². The Morgan fingerprint density at radius 3 is 2.86 bits per heavy atom. The molecule has 0 bridgehead atoms. The number of methoxy groups -OCH3 is 1. The number of nitrogens with zero attached hydrogens (tertiary/aromatic N) is 1. The molecule has 3 rings (SSSR count). The smallest absolute Gasteiger partial charge is 0.160 e. The summed E-state index contributed by atoms with van der Waals surface area (Å²) in [6.45, 7) is 1.52. The fourth-order valence-corrected chi connectivity index (χ4v) is 2.56. The maximum Gasteiger partial charge on any atom is 0.160 e. The van der Waals surface area contributed by atoms with Crippen LogP contribution in [0.25, 0.3) is 10.9 Å². The normalized spacial score (nSPS) is 11.0. The number of nitrogens with one attached hydrogen (secondary N) is 2. The minimum atomic E-state index is 0.225. The number of aromatic amines is 1. The van der Waals surface area contributed by atoms with E-state index in [9.17, 15) is 5.11 Å². The van der Waals surface area contributed by atoms with Crippen molar-refractivity contribution in [3.05, 3.63) is 53.7 Å². The number of phenols is 1. The number of rotatable bonds is 6. The van der Waals surface area contributed by atoms with Crippen molar-refractivity contribution in [3.63, 3.8) is 0 Å². The van der Waals surface area contributed by atoms with Crippen LogP contribution in [0.5, 0.6) is 11.5 Å². The van der Waals surface area contributed by atoms with E-state index in [1.807, 2.05) is 30.5 Å². The number of benzene rings is 2. The maximum atomic E-state index is 10.1. The Labute approximate surface area is 128 Å². The van der Waals surface area contributed by atoms with Crippen molar-refractivity contribution in [1.82, 2.24) is 15.5 Å². The average molecular weight is 297 g/mol. The zero-order valence-corrected chi connectivity index (χ0v) is 12.5. The molecule has 5 nitrogen and oxygen atoms in total. The van der Waals surface area contributed by atoms with Gasteiger partial charge in [-0.3, -0.25) is 5.10 Å². The van der Waals surface area contributed by atoms with Crippen molar-refractivity contribution in [2.75, 3.05) is 13.7 Å². The van der Waals surface area contributed by atoms with E-state index in [-0.39, 0.29) is 5.75 Å². The van der Waals surface area contributed by atoms with Gasteiger partial charge in [-0.05, 0) is 30.2 Å². The quantitative estimate of drug-likeness (QED) is 0.612. The zero-order chi connectivity index (χ0) is 15.4. The third-order valence-electron chi connectivity index (χ3n) is 3.75. The van der Waals surface area contributed by atoms with E-state index in [2.05, 4.69) is 21.6 Å². The molecule has 2 aromatic carbocycles. The van der Waals surface area contributed by atoms with Crippen LogP contribution >= 0.6 is 0 Å². The molecule has 0 atom stereocenters. The molecule has 3 aromatic rings. The van der Waals surface area contributed by atoms with Crippen LogP contribution in [0.2, 0.25) is 0 Å². The van der Waals surface area contributed by atoms with Gasteiger partial charge in [-0.15, -0.1) is 0 Å². The van der Waals surface area contributed by atoms with Crippen LogP contribution in [0.4, 0.5) is 0 Å². The second-order valence-electron chi connectivity index (χ2n) is 5.15. The lowest BCUT2D eigenvalue weighted by Gasteiger charge is -2.10. The van der Waals surface area contributed by atoms with Crippen molar-refractivity contribution in [2.45, 2.75) is 13.0 Å². The number of phenolic OH excluding ortho intramolecular Hbond substituents is 1. The molecule has 0 saturated carbocycles. The molecule has 0 unspecified atom stereocenters. The second-order valence-corrected chi connectivity index (χ2v) is 5.15. The molecule has 0 aliphatic carbocycles. The Hall–Kier alpha value is -2.53. The van der Waals surface area contributed by atoms with Gasteiger partial charge in [0.25, 0.3) is 0 Å². The van der Waals surface area contributed by atoms with Crippen molar-refractivity contribution in [3.8, 4) is 11.5 Å². The van der Waals surface area contributed by atoms with E-state index < -0.39 is 0 Å². The monoisotopic (exact) mass is 297 g/mol. The number of H-pyrrole nitrogens is 1. The molecule has 1 aromatic heterocycles. The molecule has 3 N–H and O–H groups in total. The van der Waals surface area contributed by atoms with E-state index in [4.69, 9.17) is 4.74 Å². The highest BCUT2D eigenvalue weighted by atomic mass is 16.5. The standard InChI is InChI=1S/C17H19N3O2/c1-22-15-7-3-4-12(17(15)21)8-9-18-10-13-5-2-6-14-11-19-20-16(13)14/h2-7,11,18,21H,8-10H2,1H3,(H,19,20). The van der Waals surface area contributed by atoms with Crippen LogP contribution < -0.4 is 10.1 Å². The van der Waals surface area contributed by atoms with Crippen LogP contribution in [0.15, 0.2) is 42.6 Å². The van der Waals surface area contributed by atoms with Crippen LogP contribution in [0.3, 0.4) is 0 Å². The molecular formula is C17H19N3O2. The van der Waals surface area contributed by atoms with E-state index in [1.165, 1.54) is 5.56 Å². The highest BCUT2D eigenvalue weighted by molar-refractivity contribution is 5.81.